The largest absolute Gasteiger partial charge is 0.369 e. The van der Waals surface area contributed by atoms with Crippen LogP contribution in [0.2, 0.25) is 0 Å². The van der Waals surface area contributed by atoms with Gasteiger partial charge in [-0.15, -0.1) is 0 Å². The Morgan fingerprint density at radius 2 is 2.07 bits per heavy atom. The minimum Gasteiger partial charge on any atom is -0.369 e. The highest BCUT2D eigenvalue weighted by Gasteiger charge is 2.09. The summed E-state index contributed by atoms with van der Waals surface area (Å²) in [5.41, 5.74) is 6.40. The summed E-state index contributed by atoms with van der Waals surface area (Å²) in [5.74, 6) is -0.250. The first-order chi connectivity index (χ1) is 7.24. The third-order valence-electron chi connectivity index (χ3n) is 2.43. The van der Waals surface area contributed by atoms with Crippen LogP contribution in [0, 0.1) is 5.92 Å². The second-order valence-corrected chi connectivity index (χ2v) is 3.56. The molecule has 0 aliphatic rings. The van der Waals surface area contributed by atoms with Gasteiger partial charge in [0.25, 0.3) is 0 Å². The molecule has 0 saturated heterocycles. The molecule has 1 rings (SSSR count). The Bertz CT molecular complexity index is 330. The Labute approximate surface area is 90.8 Å². The number of rotatable bonds is 5. The SMILES string of the molecule is CCC(C/C=C/c1ccccc1)C(N)=O. The number of allylic oxidation sites excluding steroid dienone is 1. The number of benzene rings is 1. The van der Waals surface area contributed by atoms with E-state index < -0.39 is 0 Å². The molecule has 1 atom stereocenters. The van der Waals surface area contributed by atoms with Crippen molar-refractivity contribution in [3.8, 4) is 0 Å². The molecule has 0 aliphatic carbocycles. The predicted molar refractivity (Wildman–Crippen MR) is 63.1 cm³/mol. The molecule has 1 amide bonds. The van der Waals surface area contributed by atoms with E-state index in [9.17, 15) is 4.79 Å². The Kier molecular flexibility index (Phi) is 4.61. The normalized spacial score (nSPS) is 12.9. The van der Waals surface area contributed by atoms with Gasteiger partial charge in [0.1, 0.15) is 0 Å². The quantitative estimate of drug-likeness (QED) is 0.785. The molecular weight excluding hydrogens is 186 g/mol. The van der Waals surface area contributed by atoms with Gasteiger partial charge in [0, 0.05) is 5.92 Å². The average molecular weight is 203 g/mol. The van der Waals surface area contributed by atoms with Gasteiger partial charge in [-0.05, 0) is 18.4 Å². The summed E-state index contributed by atoms with van der Waals surface area (Å²) in [6.45, 7) is 1.98. The zero-order chi connectivity index (χ0) is 11.1. The molecule has 0 aromatic heterocycles. The van der Waals surface area contributed by atoms with Crippen LogP contribution in [0.25, 0.3) is 6.08 Å². The third kappa shape index (κ3) is 3.98. The summed E-state index contributed by atoms with van der Waals surface area (Å²) >= 11 is 0. The van der Waals surface area contributed by atoms with E-state index in [2.05, 4.69) is 0 Å². The maximum absolute atomic E-state index is 11.0. The fourth-order valence-corrected chi connectivity index (χ4v) is 1.42. The zero-order valence-corrected chi connectivity index (χ0v) is 9.02. The van der Waals surface area contributed by atoms with Crippen LogP contribution < -0.4 is 5.73 Å². The fourth-order valence-electron chi connectivity index (χ4n) is 1.42. The number of primary amides is 1. The minimum absolute atomic E-state index is 0.0371. The topological polar surface area (TPSA) is 43.1 Å². The third-order valence-corrected chi connectivity index (χ3v) is 2.43. The first-order valence-corrected chi connectivity index (χ1v) is 5.25. The molecule has 0 radical (unpaired) electrons. The molecule has 15 heavy (non-hydrogen) atoms. The molecule has 0 saturated carbocycles. The van der Waals surface area contributed by atoms with Gasteiger partial charge in [0.2, 0.25) is 5.91 Å². The van der Waals surface area contributed by atoms with Gasteiger partial charge in [0.05, 0.1) is 0 Å². The molecule has 0 aliphatic heterocycles. The lowest BCUT2D eigenvalue weighted by Crippen LogP contribution is -2.21. The van der Waals surface area contributed by atoms with Crippen molar-refractivity contribution in [3.63, 3.8) is 0 Å². The van der Waals surface area contributed by atoms with Crippen molar-refractivity contribution in [2.75, 3.05) is 0 Å². The van der Waals surface area contributed by atoms with Crippen LogP contribution in [-0.2, 0) is 4.79 Å². The first kappa shape index (κ1) is 11.5. The molecule has 2 heteroatoms. The van der Waals surface area contributed by atoms with Crippen LogP contribution in [0.1, 0.15) is 25.3 Å². The Balaban J connectivity index is 2.49. The van der Waals surface area contributed by atoms with Crippen molar-refractivity contribution >= 4 is 12.0 Å². The van der Waals surface area contributed by atoms with Gasteiger partial charge < -0.3 is 5.73 Å². The minimum atomic E-state index is -0.213. The summed E-state index contributed by atoms with van der Waals surface area (Å²) in [5, 5.41) is 0. The molecule has 1 aromatic rings. The van der Waals surface area contributed by atoms with Crippen molar-refractivity contribution in [2.45, 2.75) is 19.8 Å². The summed E-state index contributed by atoms with van der Waals surface area (Å²) in [6, 6.07) is 10.0. The van der Waals surface area contributed by atoms with Gasteiger partial charge >= 0.3 is 0 Å². The summed E-state index contributed by atoms with van der Waals surface area (Å²) in [6.07, 6.45) is 5.55. The molecule has 2 nitrogen and oxygen atoms in total. The number of hydrogen-bond donors (Lipinski definition) is 1. The number of hydrogen-bond acceptors (Lipinski definition) is 1. The zero-order valence-electron chi connectivity index (χ0n) is 9.02. The molecule has 2 N–H and O–H groups in total. The standard InChI is InChI=1S/C13H17NO/c1-2-12(13(14)15)10-6-9-11-7-4-3-5-8-11/h3-9,12H,2,10H2,1H3,(H2,14,15)/b9-6+. The summed E-state index contributed by atoms with van der Waals surface area (Å²) < 4.78 is 0. The maximum atomic E-state index is 11.0. The fraction of sp³-hybridized carbons (Fsp3) is 0.308. The lowest BCUT2D eigenvalue weighted by atomic mass is 10.0. The van der Waals surface area contributed by atoms with E-state index in [1.807, 2.05) is 49.4 Å². The smallest absolute Gasteiger partial charge is 0.220 e. The van der Waals surface area contributed by atoms with Crippen LogP contribution in [0.3, 0.4) is 0 Å². The molecule has 0 spiro atoms. The number of nitrogens with two attached hydrogens (primary N) is 1. The van der Waals surface area contributed by atoms with E-state index in [1.54, 1.807) is 0 Å². The lowest BCUT2D eigenvalue weighted by Gasteiger charge is -2.06. The van der Waals surface area contributed by atoms with Crippen molar-refractivity contribution in [2.24, 2.45) is 11.7 Å². The lowest BCUT2D eigenvalue weighted by molar-refractivity contribution is -0.121. The van der Waals surface area contributed by atoms with Gasteiger partial charge in [-0.2, -0.15) is 0 Å². The average Bonchev–Trinajstić information content (AvgIpc) is 2.25. The summed E-state index contributed by atoms with van der Waals surface area (Å²) in [7, 11) is 0. The maximum Gasteiger partial charge on any atom is 0.220 e. The second kappa shape index (κ2) is 6.02. The Hall–Kier alpha value is -1.57. The van der Waals surface area contributed by atoms with E-state index in [0.29, 0.717) is 0 Å². The van der Waals surface area contributed by atoms with Crippen LogP contribution in [0.4, 0.5) is 0 Å². The molecule has 0 bridgehead atoms. The van der Waals surface area contributed by atoms with Crippen molar-refractivity contribution < 1.29 is 4.79 Å². The highest BCUT2D eigenvalue weighted by Crippen LogP contribution is 2.10. The predicted octanol–water partition coefficient (Wildman–Crippen LogP) is 2.60. The molecule has 80 valence electrons. The van der Waals surface area contributed by atoms with Gasteiger partial charge in [-0.1, -0.05) is 49.4 Å². The van der Waals surface area contributed by atoms with E-state index in [0.717, 1.165) is 18.4 Å². The van der Waals surface area contributed by atoms with Crippen LogP contribution in [-0.4, -0.2) is 5.91 Å². The van der Waals surface area contributed by atoms with E-state index >= 15 is 0 Å². The molecule has 1 unspecified atom stereocenters. The van der Waals surface area contributed by atoms with E-state index in [1.165, 1.54) is 0 Å². The first-order valence-electron chi connectivity index (χ1n) is 5.25. The number of carbonyl (C=O) groups excluding carboxylic acids is 1. The van der Waals surface area contributed by atoms with Crippen molar-refractivity contribution in [1.29, 1.82) is 0 Å². The number of amides is 1. The van der Waals surface area contributed by atoms with Crippen molar-refractivity contribution in [1.82, 2.24) is 0 Å². The highest BCUT2D eigenvalue weighted by atomic mass is 16.1. The van der Waals surface area contributed by atoms with Crippen LogP contribution in [0.5, 0.6) is 0 Å². The number of carbonyl (C=O) groups is 1. The van der Waals surface area contributed by atoms with Gasteiger partial charge in [0.15, 0.2) is 0 Å². The Morgan fingerprint density at radius 1 is 1.40 bits per heavy atom. The van der Waals surface area contributed by atoms with Gasteiger partial charge in [-0.25, -0.2) is 0 Å². The highest BCUT2D eigenvalue weighted by molar-refractivity contribution is 5.76. The van der Waals surface area contributed by atoms with Gasteiger partial charge in [-0.3, -0.25) is 4.79 Å². The molecule has 0 fully saturated rings. The van der Waals surface area contributed by atoms with Crippen molar-refractivity contribution in [3.05, 3.63) is 42.0 Å². The second-order valence-electron chi connectivity index (χ2n) is 3.56. The Morgan fingerprint density at radius 3 is 2.60 bits per heavy atom. The van der Waals surface area contributed by atoms with E-state index in [-0.39, 0.29) is 11.8 Å². The monoisotopic (exact) mass is 203 g/mol. The molecule has 0 heterocycles. The van der Waals surface area contributed by atoms with E-state index in [4.69, 9.17) is 5.73 Å². The molecule has 1 aromatic carbocycles. The summed E-state index contributed by atoms with van der Waals surface area (Å²) in [4.78, 5) is 11.0. The molecular formula is C13H17NO. The van der Waals surface area contributed by atoms with Crippen LogP contribution >= 0.6 is 0 Å². The van der Waals surface area contributed by atoms with Crippen LogP contribution in [0.15, 0.2) is 36.4 Å².